The number of unbranched alkanes of at least 4 members (excludes halogenated alkanes) is 2. The molecule has 2 aromatic carbocycles. The number of nitrogens with zero attached hydrogens (tertiary/aromatic N) is 1. The minimum Gasteiger partial charge on any atom is -0.385 e. The van der Waals surface area contributed by atoms with Crippen LogP contribution in [-0.4, -0.2) is 39.3 Å². The predicted octanol–water partition coefficient (Wildman–Crippen LogP) is 6.39. The van der Waals surface area contributed by atoms with Gasteiger partial charge in [-0.3, -0.25) is 0 Å². The highest BCUT2D eigenvalue weighted by atomic mass is 16.5. The fourth-order valence-electron chi connectivity index (χ4n) is 4.38. The Morgan fingerprint density at radius 2 is 1.45 bits per heavy atom. The lowest BCUT2D eigenvalue weighted by Gasteiger charge is -2.33. The molecule has 0 aliphatic carbocycles. The summed E-state index contributed by atoms with van der Waals surface area (Å²) in [5, 5.41) is 0. The molecule has 0 heterocycles. The normalized spacial score (nSPS) is 13.6. The molecule has 0 aromatic heterocycles. The van der Waals surface area contributed by atoms with E-state index in [1.165, 1.54) is 55.3 Å². The van der Waals surface area contributed by atoms with E-state index in [-0.39, 0.29) is 5.41 Å². The Morgan fingerprint density at radius 3 is 2.10 bits per heavy atom. The maximum absolute atomic E-state index is 5.30. The van der Waals surface area contributed by atoms with Gasteiger partial charge in [0.2, 0.25) is 0 Å². The van der Waals surface area contributed by atoms with E-state index in [1.54, 1.807) is 12.7 Å². The molecule has 2 heteroatoms. The van der Waals surface area contributed by atoms with Crippen LogP contribution in [0.3, 0.4) is 0 Å². The minimum atomic E-state index is 0.222. The van der Waals surface area contributed by atoms with Gasteiger partial charge < -0.3 is 9.64 Å². The van der Waals surface area contributed by atoms with Crippen LogP contribution in [0.15, 0.2) is 48.5 Å². The molecule has 1 unspecified atom stereocenters. The summed E-state index contributed by atoms with van der Waals surface area (Å²) >= 11 is 0. The Hall–Kier alpha value is -1.64. The largest absolute Gasteiger partial charge is 0.385 e. The van der Waals surface area contributed by atoms with Crippen molar-refractivity contribution in [2.75, 3.05) is 34.4 Å². The standard InChI is InChI=1S/C27H41NO/c1-23-14-6-7-15-24(23)22-25-16-8-9-17-26(25)27(2,19-11-13-21-29-5)18-10-12-20-28(3)4/h6-9,14-17H,10-13,18-22H2,1-5H3. The Labute approximate surface area is 179 Å². The highest BCUT2D eigenvalue weighted by Crippen LogP contribution is 2.37. The van der Waals surface area contributed by atoms with Crippen molar-refractivity contribution in [1.29, 1.82) is 0 Å². The molecule has 0 N–H and O–H groups in total. The molecule has 0 aliphatic heterocycles. The SMILES string of the molecule is COCCCCC(C)(CCCCN(C)C)c1ccccc1Cc1ccccc1C. The fourth-order valence-corrected chi connectivity index (χ4v) is 4.38. The van der Waals surface area contributed by atoms with E-state index in [0.717, 1.165) is 19.4 Å². The number of hydrogen-bond acceptors (Lipinski definition) is 2. The first-order chi connectivity index (χ1) is 14.0. The summed E-state index contributed by atoms with van der Waals surface area (Å²) in [5.74, 6) is 0. The number of rotatable bonds is 13. The van der Waals surface area contributed by atoms with E-state index in [4.69, 9.17) is 4.74 Å². The molecule has 0 spiro atoms. The number of hydrogen-bond donors (Lipinski definition) is 0. The van der Waals surface area contributed by atoms with Gasteiger partial charge in [-0.1, -0.05) is 68.3 Å². The molecule has 0 radical (unpaired) electrons. The third-order valence-electron chi connectivity index (χ3n) is 6.22. The van der Waals surface area contributed by atoms with Gasteiger partial charge in [-0.2, -0.15) is 0 Å². The van der Waals surface area contributed by atoms with Crippen molar-refractivity contribution in [3.8, 4) is 0 Å². The molecule has 1 atom stereocenters. The molecular formula is C27H41NO. The van der Waals surface area contributed by atoms with Crippen molar-refractivity contribution in [3.63, 3.8) is 0 Å². The van der Waals surface area contributed by atoms with Crippen LogP contribution in [-0.2, 0) is 16.6 Å². The van der Waals surface area contributed by atoms with Gasteiger partial charge in [-0.15, -0.1) is 0 Å². The molecule has 29 heavy (non-hydrogen) atoms. The van der Waals surface area contributed by atoms with Crippen LogP contribution in [0.5, 0.6) is 0 Å². The van der Waals surface area contributed by atoms with Gasteiger partial charge >= 0.3 is 0 Å². The summed E-state index contributed by atoms with van der Waals surface area (Å²) in [7, 11) is 6.14. The molecule has 0 saturated heterocycles. The van der Waals surface area contributed by atoms with Crippen LogP contribution < -0.4 is 0 Å². The Balaban J connectivity index is 2.22. The van der Waals surface area contributed by atoms with Crippen LogP contribution in [0.4, 0.5) is 0 Å². The zero-order chi connectivity index (χ0) is 21.1. The molecule has 0 bridgehead atoms. The Morgan fingerprint density at radius 1 is 0.828 bits per heavy atom. The molecule has 0 amide bonds. The van der Waals surface area contributed by atoms with E-state index in [0.29, 0.717) is 0 Å². The van der Waals surface area contributed by atoms with E-state index in [9.17, 15) is 0 Å². The second-order valence-electron chi connectivity index (χ2n) is 9.03. The quantitative estimate of drug-likeness (QED) is 0.364. The summed E-state index contributed by atoms with van der Waals surface area (Å²) in [4.78, 5) is 2.29. The smallest absolute Gasteiger partial charge is 0.0462 e. The zero-order valence-corrected chi connectivity index (χ0v) is 19.3. The van der Waals surface area contributed by atoms with Gasteiger partial charge in [0.15, 0.2) is 0 Å². The second-order valence-corrected chi connectivity index (χ2v) is 9.03. The predicted molar refractivity (Wildman–Crippen MR) is 126 cm³/mol. The Kier molecular flexibility index (Phi) is 9.90. The molecule has 160 valence electrons. The first-order valence-electron chi connectivity index (χ1n) is 11.2. The van der Waals surface area contributed by atoms with Crippen LogP contribution >= 0.6 is 0 Å². The fraction of sp³-hybridized carbons (Fsp3) is 0.556. The minimum absolute atomic E-state index is 0.222. The van der Waals surface area contributed by atoms with E-state index < -0.39 is 0 Å². The average Bonchev–Trinajstić information content (AvgIpc) is 2.71. The molecule has 2 nitrogen and oxygen atoms in total. The van der Waals surface area contributed by atoms with E-state index in [1.807, 2.05) is 0 Å². The molecule has 0 saturated carbocycles. The highest BCUT2D eigenvalue weighted by Gasteiger charge is 2.28. The summed E-state index contributed by atoms with van der Waals surface area (Å²) in [6.45, 7) is 6.75. The molecule has 0 fully saturated rings. The lowest BCUT2D eigenvalue weighted by Crippen LogP contribution is -2.25. The average molecular weight is 396 g/mol. The summed E-state index contributed by atoms with van der Waals surface area (Å²) in [6, 6.07) is 18.0. The van der Waals surface area contributed by atoms with Crippen molar-refractivity contribution in [1.82, 2.24) is 4.90 Å². The molecular weight excluding hydrogens is 354 g/mol. The summed E-state index contributed by atoms with van der Waals surface area (Å²) < 4.78 is 5.30. The summed E-state index contributed by atoms with van der Waals surface area (Å²) in [5.41, 5.74) is 6.08. The van der Waals surface area contributed by atoms with Crippen molar-refractivity contribution in [2.24, 2.45) is 0 Å². The monoisotopic (exact) mass is 395 g/mol. The lowest BCUT2D eigenvalue weighted by molar-refractivity contribution is 0.188. The third kappa shape index (κ3) is 7.60. The number of aryl methyl sites for hydroxylation is 1. The maximum atomic E-state index is 5.30. The van der Waals surface area contributed by atoms with Gasteiger partial charge in [0.25, 0.3) is 0 Å². The van der Waals surface area contributed by atoms with Gasteiger partial charge in [0, 0.05) is 13.7 Å². The zero-order valence-electron chi connectivity index (χ0n) is 19.3. The molecule has 2 rings (SSSR count). The molecule has 2 aromatic rings. The Bertz CT molecular complexity index is 724. The van der Waals surface area contributed by atoms with Crippen molar-refractivity contribution in [2.45, 2.75) is 64.2 Å². The van der Waals surface area contributed by atoms with E-state index >= 15 is 0 Å². The highest BCUT2D eigenvalue weighted by molar-refractivity contribution is 5.39. The van der Waals surface area contributed by atoms with Crippen molar-refractivity contribution < 1.29 is 4.74 Å². The number of benzene rings is 2. The maximum Gasteiger partial charge on any atom is 0.0462 e. The van der Waals surface area contributed by atoms with Crippen LogP contribution in [0, 0.1) is 6.92 Å². The third-order valence-corrected chi connectivity index (χ3v) is 6.22. The van der Waals surface area contributed by atoms with Gasteiger partial charge in [0.1, 0.15) is 0 Å². The first-order valence-corrected chi connectivity index (χ1v) is 11.2. The van der Waals surface area contributed by atoms with Crippen molar-refractivity contribution >= 4 is 0 Å². The molecule has 0 aliphatic rings. The van der Waals surface area contributed by atoms with Gasteiger partial charge in [-0.05, 0) is 87.3 Å². The number of methoxy groups -OCH3 is 1. The summed E-state index contributed by atoms with van der Waals surface area (Å²) in [6.07, 6.45) is 8.40. The first kappa shape index (κ1) is 23.6. The van der Waals surface area contributed by atoms with Crippen molar-refractivity contribution in [3.05, 3.63) is 70.8 Å². The topological polar surface area (TPSA) is 12.5 Å². The lowest BCUT2D eigenvalue weighted by atomic mass is 9.72. The van der Waals surface area contributed by atoms with Gasteiger partial charge in [-0.25, -0.2) is 0 Å². The van der Waals surface area contributed by atoms with E-state index in [2.05, 4.69) is 81.4 Å². The van der Waals surface area contributed by atoms with Crippen LogP contribution in [0.1, 0.15) is 67.7 Å². The van der Waals surface area contributed by atoms with Gasteiger partial charge in [0.05, 0.1) is 0 Å². The van der Waals surface area contributed by atoms with Crippen LogP contribution in [0.25, 0.3) is 0 Å². The number of ether oxygens (including phenoxy) is 1. The van der Waals surface area contributed by atoms with Crippen LogP contribution in [0.2, 0.25) is 0 Å². The second kappa shape index (κ2) is 12.1.